The molecule has 1 saturated heterocycles. The maximum atomic E-state index is 6.53. The van der Waals surface area contributed by atoms with Crippen LogP contribution in [0, 0.1) is 0 Å². The number of hydrogen-bond donors (Lipinski definition) is 1. The van der Waals surface area contributed by atoms with Gasteiger partial charge < -0.3 is 19.7 Å². The van der Waals surface area contributed by atoms with Gasteiger partial charge in [0, 0.05) is 36.4 Å². The van der Waals surface area contributed by atoms with E-state index < -0.39 is 0 Å². The highest BCUT2D eigenvalue weighted by Crippen LogP contribution is 2.34. The lowest BCUT2D eigenvalue weighted by molar-refractivity contribution is 0.311. The molecule has 0 aromatic heterocycles. The van der Waals surface area contributed by atoms with Crippen LogP contribution < -0.4 is 19.7 Å². The fraction of sp³-hybridized carbons (Fsp3) is 0.429. The predicted octanol–water partition coefficient (Wildman–Crippen LogP) is 6.00. The summed E-state index contributed by atoms with van der Waals surface area (Å²) in [6.07, 6.45) is 3.77. The number of benzene rings is 2. The number of piperidine rings is 1. The lowest BCUT2D eigenvalue weighted by Gasteiger charge is -2.29. The third-order valence-corrected chi connectivity index (χ3v) is 5.41. The molecule has 6 heteroatoms. The summed E-state index contributed by atoms with van der Waals surface area (Å²) in [5, 5.41) is 4.81. The second-order valence-electron chi connectivity index (χ2n) is 6.59. The van der Waals surface area contributed by atoms with Gasteiger partial charge in [0.25, 0.3) is 0 Å². The molecule has 0 spiro atoms. The molecule has 1 aliphatic heterocycles. The van der Waals surface area contributed by atoms with E-state index in [1.54, 1.807) is 13.2 Å². The van der Waals surface area contributed by atoms with Crippen molar-refractivity contribution in [3.8, 4) is 11.5 Å². The van der Waals surface area contributed by atoms with E-state index in [1.807, 2.05) is 19.1 Å². The number of ether oxygens (including phenoxy) is 2. The summed E-state index contributed by atoms with van der Waals surface area (Å²) in [5.41, 5.74) is 3.01. The molecule has 1 N–H and O–H groups in total. The minimum Gasteiger partial charge on any atom is -0.493 e. The molecule has 0 saturated carbocycles. The smallest absolute Gasteiger partial charge is 0.162 e. The summed E-state index contributed by atoms with van der Waals surface area (Å²) in [5.74, 6) is 1.33. The van der Waals surface area contributed by atoms with Crippen molar-refractivity contribution < 1.29 is 9.47 Å². The van der Waals surface area contributed by atoms with Crippen molar-refractivity contribution in [3.05, 3.63) is 45.9 Å². The normalized spacial score (nSPS) is 14.1. The molecule has 2 aromatic rings. The second-order valence-corrected chi connectivity index (χ2v) is 7.41. The first-order chi connectivity index (χ1) is 13.1. The minimum absolute atomic E-state index is 0.562. The monoisotopic (exact) mass is 408 g/mol. The summed E-state index contributed by atoms with van der Waals surface area (Å²) in [6.45, 7) is 5.22. The zero-order valence-corrected chi connectivity index (χ0v) is 17.4. The van der Waals surface area contributed by atoms with Crippen LogP contribution in [0.4, 0.5) is 11.4 Å². The molecule has 0 bridgehead atoms. The zero-order valence-electron chi connectivity index (χ0n) is 15.9. The van der Waals surface area contributed by atoms with Gasteiger partial charge in [0.05, 0.1) is 24.4 Å². The number of methoxy groups -OCH3 is 1. The van der Waals surface area contributed by atoms with Gasteiger partial charge >= 0.3 is 0 Å². The third kappa shape index (κ3) is 4.94. The fourth-order valence-corrected chi connectivity index (χ4v) is 3.87. The van der Waals surface area contributed by atoms with Crippen LogP contribution in [0.15, 0.2) is 30.3 Å². The summed E-state index contributed by atoms with van der Waals surface area (Å²) in [7, 11) is 1.63. The average Bonchev–Trinajstić information content (AvgIpc) is 2.68. The molecule has 0 atom stereocenters. The third-order valence-electron chi connectivity index (χ3n) is 4.76. The van der Waals surface area contributed by atoms with Gasteiger partial charge in [-0.2, -0.15) is 0 Å². The molecule has 1 aliphatic rings. The van der Waals surface area contributed by atoms with Crippen LogP contribution in [0.2, 0.25) is 10.0 Å². The summed E-state index contributed by atoms with van der Waals surface area (Å²) < 4.78 is 11.0. The number of hydrogen-bond acceptors (Lipinski definition) is 4. The van der Waals surface area contributed by atoms with Crippen LogP contribution in [0.5, 0.6) is 11.5 Å². The molecule has 27 heavy (non-hydrogen) atoms. The molecular weight excluding hydrogens is 383 g/mol. The average molecular weight is 409 g/mol. The number of nitrogens with zero attached hydrogens (tertiary/aromatic N) is 1. The molecule has 1 fully saturated rings. The maximum absolute atomic E-state index is 6.53. The van der Waals surface area contributed by atoms with Gasteiger partial charge in [-0.05, 0) is 56.0 Å². The molecule has 0 unspecified atom stereocenters. The van der Waals surface area contributed by atoms with Crippen molar-refractivity contribution in [2.24, 2.45) is 0 Å². The van der Waals surface area contributed by atoms with E-state index in [0.717, 1.165) is 35.1 Å². The first-order valence-corrected chi connectivity index (χ1v) is 10.2. The Labute approximate surface area is 171 Å². The van der Waals surface area contributed by atoms with E-state index in [4.69, 9.17) is 32.7 Å². The van der Waals surface area contributed by atoms with Crippen molar-refractivity contribution in [3.63, 3.8) is 0 Å². The van der Waals surface area contributed by atoms with E-state index in [0.29, 0.717) is 29.7 Å². The Morgan fingerprint density at radius 1 is 1.00 bits per heavy atom. The fourth-order valence-electron chi connectivity index (χ4n) is 3.35. The highest BCUT2D eigenvalue weighted by molar-refractivity contribution is 6.33. The summed E-state index contributed by atoms with van der Waals surface area (Å²) in [4.78, 5) is 2.36. The summed E-state index contributed by atoms with van der Waals surface area (Å²) >= 11 is 12.9. The van der Waals surface area contributed by atoms with Crippen LogP contribution >= 0.6 is 23.2 Å². The van der Waals surface area contributed by atoms with E-state index >= 15 is 0 Å². The van der Waals surface area contributed by atoms with Crippen molar-refractivity contribution in [1.29, 1.82) is 0 Å². The van der Waals surface area contributed by atoms with Crippen molar-refractivity contribution in [2.75, 3.05) is 37.0 Å². The SMILES string of the molecule is CCOc1cc(Cl)c(CNc2ccc(N3CCCCC3)c(Cl)c2)cc1OC. The van der Waals surface area contributed by atoms with Gasteiger partial charge in [-0.25, -0.2) is 0 Å². The van der Waals surface area contributed by atoms with Crippen LogP contribution in [0.25, 0.3) is 0 Å². The lowest BCUT2D eigenvalue weighted by atomic mass is 10.1. The molecule has 146 valence electrons. The highest BCUT2D eigenvalue weighted by atomic mass is 35.5. The molecule has 2 aromatic carbocycles. The Bertz CT molecular complexity index is 777. The molecule has 4 nitrogen and oxygen atoms in total. The molecule has 1 heterocycles. The van der Waals surface area contributed by atoms with Gasteiger partial charge in [0.1, 0.15) is 0 Å². The number of nitrogens with one attached hydrogen (secondary N) is 1. The Balaban J connectivity index is 1.70. The lowest BCUT2D eigenvalue weighted by Crippen LogP contribution is -2.29. The van der Waals surface area contributed by atoms with Crippen LogP contribution in [0.1, 0.15) is 31.7 Å². The number of rotatable bonds is 7. The van der Waals surface area contributed by atoms with Crippen molar-refractivity contribution >= 4 is 34.6 Å². The second kappa shape index (κ2) is 9.43. The van der Waals surface area contributed by atoms with E-state index in [9.17, 15) is 0 Å². The van der Waals surface area contributed by atoms with Gasteiger partial charge in [0.15, 0.2) is 11.5 Å². The topological polar surface area (TPSA) is 33.7 Å². The van der Waals surface area contributed by atoms with Gasteiger partial charge in [-0.15, -0.1) is 0 Å². The number of halogens is 2. The number of anilines is 2. The van der Waals surface area contributed by atoms with E-state index in [-0.39, 0.29) is 0 Å². The van der Waals surface area contributed by atoms with Crippen molar-refractivity contribution in [2.45, 2.75) is 32.7 Å². The standard InChI is InChI=1S/C21H26Cl2N2O2/c1-3-27-21-13-17(22)15(11-20(21)26-2)14-24-16-7-8-19(18(23)12-16)25-9-5-4-6-10-25/h7-8,11-13,24H,3-6,9-10,14H2,1-2H3. The van der Waals surface area contributed by atoms with Gasteiger partial charge in [-0.3, -0.25) is 0 Å². The Morgan fingerprint density at radius 3 is 2.44 bits per heavy atom. The maximum Gasteiger partial charge on any atom is 0.162 e. The van der Waals surface area contributed by atoms with Crippen LogP contribution in [-0.2, 0) is 6.54 Å². The van der Waals surface area contributed by atoms with Crippen molar-refractivity contribution in [1.82, 2.24) is 0 Å². The highest BCUT2D eigenvalue weighted by Gasteiger charge is 2.14. The first-order valence-electron chi connectivity index (χ1n) is 9.40. The predicted molar refractivity (Wildman–Crippen MR) is 114 cm³/mol. The quantitative estimate of drug-likeness (QED) is 0.608. The molecule has 0 radical (unpaired) electrons. The summed E-state index contributed by atoms with van der Waals surface area (Å²) in [6, 6.07) is 9.84. The Kier molecular flexibility index (Phi) is 6.97. The minimum atomic E-state index is 0.562. The first kappa shape index (κ1) is 20.0. The molecule has 0 aliphatic carbocycles. The van der Waals surface area contributed by atoms with Gasteiger partial charge in [-0.1, -0.05) is 23.2 Å². The Hall–Kier alpha value is -1.78. The zero-order chi connectivity index (χ0) is 19.2. The Morgan fingerprint density at radius 2 is 1.78 bits per heavy atom. The molecule has 0 amide bonds. The van der Waals surface area contributed by atoms with E-state index in [2.05, 4.69) is 22.3 Å². The molecular formula is C21H26Cl2N2O2. The van der Waals surface area contributed by atoms with Gasteiger partial charge in [0.2, 0.25) is 0 Å². The molecule has 3 rings (SSSR count). The largest absolute Gasteiger partial charge is 0.493 e. The van der Waals surface area contributed by atoms with Crippen LogP contribution in [-0.4, -0.2) is 26.8 Å². The van der Waals surface area contributed by atoms with Crippen LogP contribution in [0.3, 0.4) is 0 Å². The van der Waals surface area contributed by atoms with E-state index in [1.165, 1.54) is 19.3 Å².